The second kappa shape index (κ2) is 5.00. The van der Waals surface area contributed by atoms with E-state index in [4.69, 9.17) is 4.74 Å². The van der Waals surface area contributed by atoms with Gasteiger partial charge in [0.2, 0.25) is 0 Å². The molecule has 1 aromatic rings. The minimum absolute atomic E-state index is 0.185. The Hall–Kier alpha value is -1.16. The van der Waals surface area contributed by atoms with Crippen LogP contribution in [-0.4, -0.2) is 28.8 Å². The summed E-state index contributed by atoms with van der Waals surface area (Å²) in [6, 6.07) is 1.99. The summed E-state index contributed by atoms with van der Waals surface area (Å²) in [6.07, 6.45) is 2.46. The molecule has 1 atom stereocenters. The summed E-state index contributed by atoms with van der Waals surface area (Å²) in [6.45, 7) is 4.79. The Balaban J connectivity index is 2.05. The van der Waals surface area contributed by atoms with E-state index in [2.05, 4.69) is 5.10 Å². The summed E-state index contributed by atoms with van der Waals surface area (Å²) in [5.74, 6) is 0.635. The third-order valence-electron chi connectivity index (χ3n) is 3.26. The fraction of sp³-hybridized carbons (Fsp3) is 0.692. The van der Waals surface area contributed by atoms with E-state index in [1.807, 2.05) is 24.6 Å². The molecule has 0 aromatic carbocycles. The highest BCUT2D eigenvalue weighted by atomic mass is 16.5. The van der Waals surface area contributed by atoms with Gasteiger partial charge in [0.25, 0.3) is 0 Å². The molecule has 1 fully saturated rings. The third kappa shape index (κ3) is 2.75. The van der Waals surface area contributed by atoms with Crippen LogP contribution < -0.4 is 0 Å². The zero-order valence-corrected chi connectivity index (χ0v) is 10.8. The molecule has 1 unspecified atom stereocenters. The first-order chi connectivity index (χ1) is 8.15. The lowest BCUT2D eigenvalue weighted by atomic mass is 10.1. The van der Waals surface area contributed by atoms with E-state index >= 15 is 0 Å². The predicted octanol–water partition coefficient (Wildman–Crippen LogP) is 1.75. The average molecular weight is 236 g/mol. The van der Waals surface area contributed by atoms with E-state index in [1.165, 1.54) is 0 Å². The van der Waals surface area contributed by atoms with Crippen LogP contribution in [0.1, 0.15) is 31.2 Å². The van der Waals surface area contributed by atoms with E-state index in [9.17, 15) is 4.79 Å². The first-order valence-electron chi connectivity index (χ1n) is 6.24. The standard InChI is InChI=1S/C13H20N2O2/c1-4-15-11(7-9(2)14-15)8-12(16)13(17-3)10-5-6-10/h7,10,13H,4-6,8H2,1-3H3. The smallest absolute Gasteiger partial charge is 0.167 e. The summed E-state index contributed by atoms with van der Waals surface area (Å²) in [5, 5.41) is 4.35. The number of hydrogen-bond donors (Lipinski definition) is 0. The molecule has 1 aliphatic carbocycles. The Morgan fingerprint density at radius 1 is 1.65 bits per heavy atom. The van der Waals surface area contributed by atoms with E-state index in [0.29, 0.717) is 12.3 Å². The summed E-state index contributed by atoms with van der Waals surface area (Å²) < 4.78 is 7.21. The van der Waals surface area contributed by atoms with Crippen molar-refractivity contribution < 1.29 is 9.53 Å². The van der Waals surface area contributed by atoms with Gasteiger partial charge in [0.15, 0.2) is 5.78 Å². The van der Waals surface area contributed by atoms with Crippen LogP contribution in [0.5, 0.6) is 0 Å². The van der Waals surface area contributed by atoms with Gasteiger partial charge in [-0.1, -0.05) is 0 Å². The number of nitrogens with zero attached hydrogens (tertiary/aromatic N) is 2. The number of carbonyl (C=O) groups is 1. The fourth-order valence-corrected chi connectivity index (χ4v) is 2.28. The molecule has 0 radical (unpaired) electrons. The first kappa shape index (κ1) is 12.3. The summed E-state index contributed by atoms with van der Waals surface area (Å²) >= 11 is 0. The number of Topliss-reactive ketones (excluding diaryl/α,β-unsaturated/α-hetero) is 1. The molecule has 2 rings (SSSR count). The highest BCUT2D eigenvalue weighted by molar-refractivity contribution is 5.85. The van der Waals surface area contributed by atoms with Crippen molar-refractivity contribution in [1.29, 1.82) is 0 Å². The molecule has 0 saturated heterocycles. The van der Waals surface area contributed by atoms with Crippen LogP contribution in [0, 0.1) is 12.8 Å². The van der Waals surface area contributed by atoms with Crippen molar-refractivity contribution in [2.75, 3.05) is 7.11 Å². The summed E-state index contributed by atoms with van der Waals surface area (Å²) in [5.41, 5.74) is 1.97. The van der Waals surface area contributed by atoms with Crippen molar-refractivity contribution in [3.05, 3.63) is 17.5 Å². The molecule has 1 saturated carbocycles. The number of aromatic nitrogens is 2. The Morgan fingerprint density at radius 3 is 2.88 bits per heavy atom. The van der Waals surface area contributed by atoms with E-state index < -0.39 is 0 Å². The lowest BCUT2D eigenvalue weighted by Crippen LogP contribution is -2.27. The fourth-order valence-electron chi connectivity index (χ4n) is 2.28. The molecule has 0 aliphatic heterocycles. The molecular weight excluding hydrogens is 216 g/mol. The van der Waals surface area contributed by atoms with Gasteiger partial charge in [0, 0.05) is 19.3 Å². The maximum atomic E-state index is 12.1. The van der Waals surface area contributed by atoms with Crippen molar-refractivity contribution in [1.82, 2.24) is 9.78 Å². The Bertz CT molecular complexity index is 408. The van der Waals surface area contributed by atoms with Crippen LogP contribution in [-0.2, 0) is 22.5 Å². The minimum atomic E-state index is -0.212. The Morgan fingerprint density at radius 2 is 2.35 bits per heavy atom. The number of hydrogen-bond acceptors (Lipinski definition) is 3. The summed E-state index contributed by atoms with van der Waals surface area (Å²) in [4.78, 5) is 12.1. The quantitative estimate of drug-likeness (QED) is 0.755. The van der Waals surface area contributed by atoms with Crippen LogP contribution in [0.25, 0.3) is 0 Å². The van der Waals surface area contributed by atoms with Gasteiger partial charge < -0.3 is 4.74 Å². The maximum Gasteiger partial charge on any atom is 0.167 e. The molecule has 0 N–H and O–H groups in total. The second-order valence-corrected chi connectivity index (χ2v) is 4.73. The highest BCUT2D eigenvalue weighted by Gasteiger charge is 2.36. The van der Waals surface area contributed by atoms with Gasteiger partial charge in [-0.2, -0.15) is 5.10 Å². The number of rotatable bonds is 6. The molecule has 4 nitrogen and oxygen atoms in total. The Labute approximate surface area is 102 Å². The predicted molar refractivity (Wildman–Crippen MR) is 64.9 cm³/mol. The van der Waals surface area contributed by atoms with Crippen molar-refractivity contribution in [3.8, 4) is 0 Å². The first-order valence-corrected chi connectivity index (χ1v) is 6.24. The molecule has 1 aliphatic rings. The third-order valence-corrected chi connectivity index (χ3v) is 3.26. The molecule has 0 amide bonds. The lowest BCUT2D eigenvalue weighted by Gasteiger charge is -2.13. The van der Waals surface area contributed by atoms with Crippen LogP contribution in [0.15, 0.2) is 6.07 Å². The number of aryl methyl sites for hydroxylation is 2. The van der Waals surface area contributed by atoms with Gasteiger partial charge in [0.05, 0.1) is 12.1 Å². The van der Waals surface area contributed by atoms with E-state index in [1.54, 1.807) is 7.11 Å². The van der Waals surface area contributed by atoms with Gasteiger partial charge in [0.1, 0.15) is 6.10 Å². The van der Waals surface area contributed by atoms with Crippen LogP contribution in [0.2, 0.25) is 0 Å². The zero-order valence-electron chi connectivity index (χ0n) is 10.8. The van der Waals surface area contributed by atoms with E-state index in [-0.39, 0.29) is 11.9 Å². The molecule has 0 spiro atoms. The van der Waals surface area contributed by atoms with Gasteiger partial charge in [-0.15, -0.1) is 0 Å². The number of methoxy groups -OCH3 is 1. The average Bonchev–Trinajstić information content (AvgIpc) is 3.04. The number of carbonyl (C=O) groups excluding carboxylic acids is 1. The molecule has 94 valence electrons. The normalized spacial score (nSPS) is 17.1. The summed E-state index contributed by atoms with van der Waals surface area (Å²) in [7, 11) is 1.63. The van der Waals surface area contributed by atoms with Gasteiger partial charge in [-0.25, -0.2) is 0 Å². The van der Waals surface area contributed by atoms with E-state index in [0.717, 1.165) is 30.8 Å². The minimum Gasteiger partial charge on any atom is -0.373 e. The van der Waals surface area contributed by atoms with Crippen molar-refractivity contribution >= 4 is 5.78 Å². The van der Waals surface area contributed by atoms with Crippen molar-refractivity contribution in [2.24, 2.45) is 5.92 Å². The molecule has 0 bridgehead atoms. The largest absolute Gasteiger partial charge is 0.373 e. The van der Waals surface area contributed by atoms with Gasteiger partial charge in [-0.05, 0) is 38.7 Å². The monoisotopic (exact) mass is 236 g/mol. The van der Waals surface area contributed by atoms with Gasteiger partial charge >= 0.3 is 0 Å². The van der Waals surface area contributed by atoms with Crippen molar-refractivity contribution in [3.63, 3.8) is 0 Å². The molecule has 1 aromatic heterocycles. The highest BCUT2D eigenvalue weighted by Crippen LogP contribution is 2.34. The number of ether oxygens (including phenoxy) is 1. The lowest BCUT2D eigenvalue weighted by molar-refractivity contribution is -0.129. The maximum absolute atomic E-state index is 12.1. The molecule has 17 heavy (non-hydrogen) atoms. The van der Waals surface area contributed by atoms with Crippen LogP contribution in [0.4, 0.5) is 0 Å². The SMILES string of the molecule is CCn1nc(C)cc1CC(=O)C(OC)C1CC1. The second-order valence-electron chi connectivity index (χ2n) is 4.73. The topological polar surface area (TPSA) is 44.1 Å². The zero-order chi connectivity index (χ0) is 12.4. The molecular formula is C13H20N2O2. The van der Waals surface area contributed by atoms with Crippen LogP contribution >= 0.6 is 0 Å². The van der Waals surface area contributed by atoms with Crippen molar-refractivity contribution in [2.45, 2.75) is 45.8 Å². The van der Waals surface area contributed by atoms with Crippen LogP contribution in [0.3, 0.4) is 0 Å². The Kier molecular flexibility index (Phi) is 3.62. The number of ketones is 1. The molecule has 1 heterocycles. The molecule has 4 heteroatoms. The van der Waals surface area contributed by atoms with Gasteiger partial charge in [-0.3, -0.25) is 9.48 Å².